The number of aliphatic carboxylic acids is 1. The highest BCUT2D eigenvalue weighted by Crippen LogP contribution is 2.11. The molecule has 0 spiro atoms. The SMILES string of the molecule is Cc1cn(-c2ccccc2)nc1C(=O)NCCCC(=O)O. The number of amides is 1. The summed E-state index contributed by atoms with van der Waals surface area (Å²) in [6.45, 7) is 2.14. The van der Waals surface area contributed by atoms with Crippen molar-refractivity contribution in [3.8, 4) is 5.69 Å². The molecule has 21 heavy (non-hydrogen) atoms. The van der Waals surface area contributed by atoms with Crippen molar-refractivity contribution in [2.24, 2.45) is 0 Å². The molecule has 6 nitrogen and oxygen atoms in total. The number of carbonyl (C=O) groups is 2. The van der Waals surface area contributed by atoms with Crippen LogP contribution < -0.4 is 5.32 Å². The lowest BCUT2D eigenvalue weighted by molar-refractivity contribution is -0.137. The predicted molar refractivity (Wildman–Crippen MR) is 77.5 cm³/mol. The second-order valence-corrected chi connectivity index (χ2v) is 4.69. The smallest absolute Gasteiger partial charge is 0.303 e. The monoisotopic (exact) mass is 287 g/mol. The summed E-state index contributed by atoms with van der Waals surface area (Å²) in [7, 11) is 0. The maximum atomic E-state index is 12.0. The van der Waals surface area contributed by atoms with Crippen molar-refractivity contribution in [2.75, 3.05) is 6.54 Å². The minimum Gasteiger partial charge on any atom is -0.481 e. The number of nitrogens with one attached hydrogen (secondary N) is 1. The molecule has 1 aromatic carbocycles. The van der Waals surface area contributed by atoms with E-state index >= 15 is 0 Å². The summed E-state index contributed by atoms with van der Waals surface area (Å²) in [5.74, 6) is -1.15. The van der Waals surface area contributed by atoms with Crippen LogP contribution in [0.25, 0.3) is 5.69 Å². The first-order valence-electron chi connectivity index (χ1n) is 6.69. The Hall–Kier alpha value is -2.63. The molecule has 0 aliphatic heterocycles. The van der Waals surface area contributed by atoms with E-state index in [2.05, 4.69) is 10.4 Å². The lowest BCUT2D eigenvalue weighted by Gasteiger charge is -2.02. The zero-order valence-electron chi connectivity index (χ0n) is 11.7. The fraction of sp³-hybridized carbons (Fsp3) is 0.267. The number of para-hydroxylation sites is 1. The van der Waals surface area contributed by atoms with E-state index in [0.29, 0.717) is 18.7 Å². The molecule has 0 aliphatic carbocycles. The summed E-state index contributed by atoms with van der Waals surface area (Å²) >= 11 is 0. The minimum absolute atomic E-state index is 0.0394. The molecule has 2 aromatic rings. The van der Waals surface area contributed by atoms with Crippen molar-refractivity contribution in [2.45, 2.75) is 19.8 Å². The molecule has 0 saturated heterocycles. The molecule has 0 aliphatic rings. The molecular formula is C15H17N3O3. The van der Waals surface area contributed by atoms with E-state index in [1.165, 1.54) is 0 Å². The van der Waals surface area contributed by atoms with Gasteiger partial charge in [0.05, 0.1) is 5.69 Å². The Balaban J connectivity index is 2.02. The van der Waals surface area contributed by atoms with Crippen LogP contribution >= 0.6 is 0 Å². The quantitative estimate of drug-likeness (QED) is 0.793. The number of hydrogen-bond donors (Lipinski definition) is 2. The van der Waals surface area contributed by atoms with Gasteiger partial charge >= 0.3 is 5.97 Å². The zero-order valence-corrected chi connectivity index (χ0v) is 11.7. The topological polar surface area (TPSA) is 84.2 Å². The molecule has 0 fully saturated rings. The molecule has 0 radical (unpaired) electrons. The fourth-order valence-corrected chi connectivity index (χ4v) is 1.92. The van der Waals surface area contributed by atoms with E-state index in [1.54, 1.807) is 10.9 Å². The molecule has 2 N–H and O–H groups in total. The second-order valence-electron chi connectivity index (χ2n) is 4.69. The van der Waals surface area contributed by atoms with Crippen LogP contribution in [-0.2, 0) is 4.79 Å². The molecule has 0 atom stereocenters. The van der Waals surface area contributed by atoms with Crippen molar-refractivity contribution in [1.82, 2.24) is 15.1 Å². The molecule has 1 amide bonds. The number of carboxylic acids is 1. The van der Waals surface area contributed by atoms with Gasteiger partial charge in [0, 0.05) is 24.7 Å². The van der Waals surface area contributed by atoms with Crippen molar-refractivity contribution >= 4 is 11.9 Å². The lowest BCUT2D eigenvalue weighted by atomic mass is 10.2. The van der Waals surface area contributed by atoms with Gasteiger partial charge in [-0.1, -0.05) is 18.2 Å². The number of hydrogen-bond acceptors (Lipinski definition) is 3. The first-order chi connectivity index (χ1) is 10.1. The van der Waals surface area contributed by atoms with Crippen LogP contribution in [0.1, 0.15) is 28.9 Å². The lowest BCUT2D eigenvalue weighted by Crippen LogP contribution is -2.26. The largest absolute Gasteiger partial charge is 0.481 e. The highest BCUT2D eigenvalue weighted by Gasteiger charge is 2.14. The van der Waals surface area contributed by atoms with Crippen LogP contribution in [0.4, 0.5) is 0 Å². The molecule has 6 heteroatoms. The van der Waals surface area contributed by atoms with Gasteiger partial charge in [-0.05, 0) is 25.5 Å². The zero-order chi connectivity index (χ0) is 15.2. The van der Waals surface area contributed by atoms with Gasteiger partial charge in [-0.3, -0.25) is 9.59 Å². The first kappa shape index (κ1) is 14.8. The first-order valence-corrected chi connectivity index (χ1v) is 6.69. The molecule has 110 valence electrons. The fourth-order valence-electron chi connectivity index (χ4n) is 1.92. The third-order valence-corrected chi connectivity index (χ3v) is 2.99. The molecule has 1 heterocycles. The second kappa shape index (κ2) is 6.69. The number of carbonyl (C=O) groups excluding carboxylic acids is 1. The maximum absolute atomic E-state index is 12.0. The Kier molecular flexibility index (Phi) is 4.71. The average molecular weight is 287 g/mol. The maximum Gasteiger partial charge on any atom is 0.303 e. The number of benzene rings is 1. The van der Waals surface area contributed by atoms with Crippen molar-refractivity contribution in [3.05, 3.63) is 47.8 Å². The van der Waals surface area contributed by atoms with E-state index in [-0.39, 0.29) is 12.3 Å². The summed E-state index contributed by atoms with van der Waals surface area (Å²) < 4.78 is 1.65. The number of aromatic nitrogens is 2. The Bertz CT molecular complexity index is 635. The summed E-state index contributed by atoms with van der Waals surface area (Å²) in [5.41, 5.74) is 2.01. The summed E-state index contributed by atoms with van der Waals surface area (Å²) in [5, 5.41) is 15.5. The highest BCUT2D eigenvalue weighted by atomic mass is 16.4. The molecule has 0 bridgehead atoms. The van der Waals surface area contributed by atoms with Crippen LogP contribution in [0.15, 0.2) is 36.5 Å². The third kappa shape index (κ3) is 3.92. The van der Waals surface area contributed by atoms with Crippen molar-refractivity contribution in [3.63, 3.8) is 0 Å². The Morgan fingerprint density at radius 2 is 2.00 bits per heavy atom. The van der Waals surface area contributed by atoms with Crippen LogP contribution in [0.2, 0.25) is 0 Å². The van der Waals surface area contributed by atoms with Gasteiger partial charge in [-0.2, -0.15) is 5.10 Å². The van der Waals surface area contributed by atoms with Crippen LogP contribution in [0, 0.1) is 6.92 Å². The van der Waals surface area contributed by atoms with Crippen molar-refractivity contribution in [1.29, 1.82) is 0 Å². The van der Waals surface area contributed by atoms with Gasteiger partial charge in [-0.25, -0.2) is 4.68 Å². The van der Waals surface area contributed by atoms with E-state index in [4.69, 9.17) is 5.11 Å². The molecule has 0 saturated carbocycles. The van der Waals surface area contributed by atoms with Gasteiger partial charge in [-0.15, -0.1) is 0 Å². The van der Waals surface area contributed by atoms with Crippen LogP contribution in [-0.4, -0.2) is 33.3 Å². The number of aryl methyl sites for hydroxylation is 1. The molecule has 2 rings (SSSR count). The standard InChI is InChI=1S/C15H17N3O3/c1-11-10-18(12-6-3-2-4-7-12)17-14(11)15(21)16-9-5-8-13(19)20/h2-4,6-7,10H,5,8-9H2,1H3,(H,16,21)(H,19,20). The van der Waals surface area contributed by atoms with E-state index in [1.807, 2.05) is 37.3 Å². The van der Waals surface area contributed by atoms with E-state index in [9.17, 15) is 9.59 Å². The van der Waals surface area contributed by atoms with E-state index in [0.717, 1.165) is 11.3 Å². The molecular weight excluding hydrogens is 270 g/mol. The minimum atomic E-state index is -0.867. The number of rotatable bonds is 6. The van der Waals surface area contributed by atoms with Gasteiger partial charge in [0.2, 0.25) is 0 Å². The molecule has 0 unspecified atom stereocenters. The van der Waals surface area contributed by atoms with Gasteiger partial charge in [0.1, 0.15) is 0 Å². The van der Waals surface area contributed by atoms with Crippen LogP contribution in [0.3, 0.4) is 0 Å². The van der Waals surface area contributed by atoms with Gasteiger partial charge in [0.15, 0.2) is 5.69 Å². The van der Waals surface area contributed by atoms with Crippen molar-refractivity contribution < 1.29 is 14.7 Å². The Labute approximate surface area is 122 Å². The summed E-state index contributed by atoms with van der Waals surface area (Å²) in [6, 6.07) is 9.52. The predicted octanol–water partition coefficient (Wildman–Crippen LogP) is 1.78. The Morgan fingerprint density at radius 1 is 1.29 bits per heavy atom. The average Bonchev–Trinajstić information content (AvgIpc) is 2.86. The van der Waals surface area contributed by atoms with Gasteiger partial charge < -0.3 is 10.4 Å². The van der Waals surface area contributed by atoms with E-state index < -0.39 is 5.97 Å². The van der Waals surface area contributed by atoms with Crippen LogP contribution in [0.5, 0.6) is 0 Å². The number of nitrogens with zero attached hydrogens (tertiary/aromatic N) is 2. The molecule has 1 aromatic heterocycles. The van der Waals surface area contributed by atoms with Gasteiger partial charge in [0.25, 0.3) is 5.91 Å². The Morgan fingerprint density at radius 3 is 2.67 bits per heavy atom. The normalized spacial score (nSPS) is 10.3. The summed E-state index contributed by atoms with van der Waals surface area (Å²) in [4.78, 5) is 22.4. The highest BCUT2D eigenvalue weighted by molar-refractivity contribution is 5.93. The number of carboxylic acid groups (broad SMARTS) is 1. The summed E-state index contributed by atoms with van der Waals surface area (Å²) in [6.07, 6.45) is 2.23. The third-order valence-electron chi connectivity index (χ3n) is 2.99.